The molecule has 0 heterocycles. The molecule has 0 radical (unpaired) electrons. The maximum atomic E-state index is 11.9. The summed E-state index contributed by atoms with van der Waals surface area (Å²) in [7, 11) is 0. The Labute approximate surface area is 125 Å². The summed E-state index contributed by atoms with van der Waals surface area (Å²) in [5.74, 6) is -0.891. The number of anilines is 1. The summed E-state index contributed by atoms with van der Waals surface area (Å²) in [5.41, 5.74) is 3.54. The van der Waals surface area contributed by atoms with Gasteiger partial charge in [0.25, 0.3) is 0 Å². The van der Waals surface area contributed by atoms with E-state index in [0.717, 1.165) is 27.9 Å². The molecule has 0 bridgehead atoms. The van der Waals surface area contributed by atoms with E-state index in [-0.39, 0.29) is 0 Å². The van der Waals surface area contributed by atoms with Crippen LogP contribution in [0.4, 0.5) is 5.69 Å². The highest BCUT2D eigenvalue weighted by molar-refractivity contribution is 5.84. The summed E-state index contributed by atoms with van der Waals surface area (Å²) in [6.45, 7) is 7.60. The van der Waals surface area contributed by atoms with Crippen molar-refractivity contribution >= 4 is 11.7 Å². The second kappa shape index (κ2) is 5.60. The van der Waals surface area contributed by atoms with E-state index in [1.807, 2.05) is 63.2 Å². The van der Waals surface area contributed by atoms with Crippen LogP contribution in [0.2, 0.25) is 0 Å². The van der Waals surface area contributed by atoms with E-state index in [1.165, 1.54) is 0 Å². The molecule has 2 rings (SSSR count). The Morgan fingerprint density at radius 3 is 2.33 bits per heavy atom. The summed E-state index contributed by atoms with van der Waals surface area (Å²) in [4.78, 5) is 11.9. The number of aliphatic carboxylic acids is 1. The lowest BCUT2D eigenvalue weighted by Crippen LogP contribution is -2.41. The van der Waals surface area contributed by atoms with Crippen molar-refractivity contribution in [3.05, 3.63) is 64.7 Å². The number of hydrogen-bond acceptors (Lipinski definition) is 2. The molecule has 2 N–H and O–H groups in total. The topological polar surface area (TPSA) is 49.3 Å². The van der Waals surface area contributed by atoms with Gasteiger partial charge >= 0.3 is 5.97 Å². The zero-order chi connectivity index (χ0) is 15.6. The Kier molecular flexibility index (Phi) is 4.03. The van der Waals surface area contributed by atoms with Crippen LogP contribution in [0, 0.1) is 20.8 Å². The van der Waals surface area contributed by atoms with Crippen LogP contribution in [0.25, 0.3) is 0 Å². The summed E-state index contributed by atoms with van der Waals surface area (Å²) in [6, 6.07) is 13.6. The van der Waals surface area contributed by atoms with Gasteiger partial charge in [-0.2, -0.15) is 0 Å². The standard InChI is InChI=1S/C18H21NO2/c1-12-6-5-7-15(10-12)19-18(4,17(20)21)16-11-13(2)8-9-14(16)3/h5-11,19H,1-4H3,(H,20,21). The molecule has 3 nitrogen and oxygen atoms in total. The van der Waals surface area contributed by atoms with Crippen molar-refractivity contribution in [1.29, 1.82) is 0 Å². The van der Waals surface area contributed by atoms with Crippen LogP contribution in [0.15, 0.2) is 42.5 Å². The highest BCUT2D eigenvalue weighted by Crippen LogP contribution is 2.30. The number of rotatable bonds is 4. The molecule has 0 spiro atoms. The third-order valence-corrected chi connectivity index (χ3v) is 3.77. The van der Waals surface area contributed by atoms with Crippen molar-refractivity contribution in [2.75, 3.05) is 5.32 Å². The number of benzene rings is 2. The molecule has 0 fully saturated rings. The van der Waals surface area contributed by atoms with Gasteiger partial charge in [0.05, 0.1) is 0 Å². The minimum Gasteiger partial charge on any atom is -0.479 e. The zero-order valence-corrected chi connectivity index (χ0v) is 12.9. The van der Waals surface area contributed by atoms with Crippen LogP contribution >= 0.6 is 0 Å². The number of hydrogen-bond donors (Lipinski definition) is 2. The number of nitrogens with one attached hydrogen (secondary N) is 1. The van der Waals surface area contributed by atoms with E-state index in [0.29, 0.717) is 0 Å². The number of carboxylic acid groups (broad SMARTS) is 1. The number of aryl methyl sites for hydroxylation is 3. The molecule has 0 aliphatic heterocycles. The third kappa shape index (κ3) is 3.07. The maximum absolute atomic E-state index is 11.9. The molecule has 0 saturated heterocycles. The first-order chi connectivity index (χ1) is 9.83. The lowest BCUT2D eigenvalue weighted by molar-refractivity contribution is -0.142. The van der Waals surface area contributed by atoms with Crippen LogP contribution in [-0.4, -0.2) is 11.1 Å². The molecule has 21 heavy (non-hydrogen) atoms. The lowest BCUT2D eigenvalue weighted by atomic mass is 9.87. The molecular formula is C18H21NO2. The molecule has 110 valence electrons. The highest BCUT2D eigenvalue weighted by Gasteiger charge is 2.36. The Bertz CT molecular complexity index is 679. The van der Waals surface area contributed by atoms with Crippen molar-refractivity contribution < 1.29 is 9.90 Å². The molecule has 0 aliphatic rings. The highest BCUT2D eigenvalue weighted by atomic mass is 16.4. The smallest absolute Gasteiger partial charge is 0.333 e. The largest absolute Gasteiger partial charge is 0.479 e. The molecule has 1 atom stereocenters. The number of carboxylic acids is 1. The Morgan fingerprint density at radius 1 is 1.05 bits per heavy atom. The van der Waals surface area contributed by atoms with E-state index in [2.05, 4.69) is 5.32 Å². The predicted molar refractivity (Wildman–Crippen MR) is 85.7 cm³/mol. The van der Waals surface area contributed by atoms with Gasteiger partial charge in [-0.25, -0.2) is 4.79 Å². The molecule has 0 amide bonds. The van der Waals surface area contributed by atoms with Crippen LogP contribution in [-0.2, 0) is 10.3 Å². The molecule has 0 saturated carbocycles. The molecule has 0 aliphatic carbocycles. The second-order valence-electron chi connectivity index (χ2n) is 5.74. The molecular weight excluding hydrogens is 262 g/mol. The SMILES string of the molecule is Cc1cccc(NC(C)(C(=O)O)c2cc(C)ccc2C)c1. The quantitative estimate of drug-likeness (QED) is 0.891. The summed E-state index contributed by atoms with van der Waals surface area (Å²) in [6.07, 6.45) is 0. The van der Waals surface area contributed by atoms with Crippen molar-refractivity contribution in [2.45, 2.75) is 33.2 Å². The molecule has 1 unspecified atom stereocenters. The molecule has 3 heteroatoms. The third-order valence-electron chi connectivity index (χ3n) is 3.77. The van der Waals surface area contributed by atoms with Gasteiger partial charge in [-0.3, -0.25) is 0 Å². The fourth-order valence-electron chi connectivity index (χ4n) is 2.52. The van der Waals surface area contributed by atoms with Gasteiger partial charge < -0.3 is 10.4 Å². The molecule has 2 aromatic rings. The fraction of sp³-hybridized carbons (Fsp3) is 0.278. The Hall–Kier alpha value is -2.29. The number of carbonyl (C=O) groups is 1. The van der Waals surface area contributed by atoms with E-state index >= 15 is 0 Å². The van der Waals surface area contributed by atoms with Crippen LogP contribution in [0.3, 0.4) is 0 Å². The van der Waals surface area contributed by atoms with Gasteiger partial charge in [-0.1, -0.05) is 35.9 Å². The monoisotopic (exact) mass is 283 g/mol. The van der Waals surface area contributed by atoms with Crippen LogP contribution < -0.4 is 5.32 Å². The Balaban J connectivity index is 2.50. The normalized spacial score (nSPS) is 13.5. The lowest BCUT2D eigenvalue weighted by Gasteiger charge is -2.30. The van der Waals surface area contributed by atoms with E-state index in [9.17, 15) is 9.90 Å². The van der Waals surface area contributed by atoms with Crippen LogP contribution in [0.1, 0.15) is 29.2 Å². The van der Waals surface area contributed by atoms with E-state index < -0.39 is 11.5 Å². The van der Waals surface area contributed by atoms with Crippen molar-refractivity contribution in [3.8, 4) is 0 Å². The minimum atomic E-state index is -1.16. The summed E-state index contributed by atoms with van der Waals surface area (Å²) >= 11 is 0. The summed E-state index contributed by atoms with van der Waals surface area (Å²) < 4.78 is 0. The maximum Gasteiger partial charge on any atom is 0.333 e. The van der Waals surface area contributed by atoms with Gasteiger partial charge in [0.15, 0.2) is 5.54 Å². The second-order valence-corrected chi connectivity index (χ2v) is 5.74. The first-order valence-corrected chi connectivity index (χ1v) is 6.99. The average molecular weight is 283 g/mol. The van der Waals surface area contributed by atoms with Gasteiger partial charge in [0, 0.05) is 5.69 Å². The van der Waals surface area contributed by atoms with Gasteiger partial charge in [0.2, 0.25) is 0 Å². The molecule has 2 aromatic carbocycles. The van der Waals surface area contributed by atoms with Crippen molar-refractivity contribution in [3.63, 3.8) is 0 Å². The van der Waals surface area contributed by atoms with Gasteiger partial charge in [-0.05, 0) is 56.5 Å². The predicted octanol–water partition coefficient (Wildman–Crippen LogP) is 4.02. The average Bonchev–Trinajstić information content (AvgIpc) is 2.41. The van der Waals surface area contributed by atoms with Crippen molar-refractivity contribution in [1.82, 2.24) is 0 Å². The van der Waals surface area contributed by atoms with E-state index in [1.54, 1.807) is 6.92 Å². The van der Waals surface area contributed by atoms with E-state index in [4.69, 9.17) is 0 Å². The van der Waals surface area contributed by atoms with Gasteiger partial charge in [0.1, 0.15) is 0 Å². The Morgan fingerprint density at radius 2 is 1.71 bits per heavy atom. The van der Waals surface area contributed by atoms with Gasteiger partial charge in [-0.15, -0.1) is 0 Å². The summed E-state index contributed by atoms with van der Waals surface area (Å²) in [5, 5.41) is 12.9. The van der Waals surface area contributed by atoms with Crippen molar-refractivity contribution in [2.24, 2.45) is 0 Å². The minimum absolute atomic E-state index is 0.788. The molecule has 0 aromatic heterocycles. The first kappa shape index (κ1) is 15.1. The zero-order valence-electron chi connectivity index (χ0n) is 12.9. The first-order valence-electron chi connectivity index (χ1n) is 6.99. The fourth-order valence-corrected chi connectivity index (χ4v) is 2.52. The van der Waals surface area contributed by atoms with Crippen LogP contribution in [0.5, 0.6) is 0 Å².